The lowest BCUT2D eigenvalue weighted by atomic mass is 10.3. The standard InChI is InChI=1S/C9H12ClN3S/c1-3-13(4-2)7(5-11)9-12-6-8(10)14-9/h6-7H,3-4H2,1-2H3. The third-order valence-corrected chi connectivity index (χ3v) is 3.20. The highest BCUT2D eigenvalue weighted by molar-refractivity contribution is 7.15. The lowest BCUT2D eigenvalue weighted by Gasteiger charge is -2.21. The molecule has 0 spiro atoms. The van der Waals surface area contributed by atoms with E-state index in [9.17, 15) is 0 Å². The van der Waals surface area contributed by atoms with Gasteiger partial charge in [0, 0.05) is 0 Å². The first kappa shape index (κ1) is 11.4. The summed E-state index contributed by atoms with van der Waals surface area (Å²) in [5.41, 5.74) is 0. The summed E-state index contributed by atoms with van der Waals surface area (Å²) in [6.07, 6.45) is 1.59. The van der Waals surface area contributed by atoms with Crippen molar-refractivity contribution in [2.24, 2.45) is 0 Å². The molecule has 0 aliphatic rings. The fourth-order valence-electron chi connectivity index (χ4n) is 1.28. The molecule has 1 unspecified atom stereocenters. The maximum atomic E-state index is 9.05. The molecule has 0 aromatic carbocycles. The average Bonchev–Trinajstić information content (AvgIpc) is 2.60. The Morgan fingerprint density at radius 3 is 2.64 bits per heavy atom. The second-order valence-corrected chi connectivity index (χ2v) is 4.45. The largest absolute Gasteiger partial charge is 0.283 e. The van der Waals surface area contributed by atoms with E-state index in [1.165, 1.54) is 11.3 Å². The molecule has 1 aromatic heterocycles. The van der Waals surface area contributed by atoms with Crippen molar-refractivity contribution in [1.29, 1.82) is 5.26 Å². The average molecular weight is 230 g/mol. The van der Waals surface area contributed by atoms with E-state index in [0.29, 0.717) is 4.34 Å². The fourth-order valence-corrected chi connectivity index (χ4v) is 2.29. The SMILES string of the molecule is CCN(CC)C(C#N)c1ncc(Cl)s1. The molecule has 14 heavy (non-hydrogen) atoms. The Hall–Kier alpha value is -0.630. The molecule has 5 heteroatoms. The summed E-state index contributed by atoms with van der Waals surface area (Å²) >= 11 is 7.15. The number of halogens is 1. The highest BCUT2D eigenvalue weighted by Gasteiger charge is 2.20. The minimum Gasteiger partial charge on any atom is -0.283 e. The third-order valence-electron chi connectivity index (χ3n) is 2.03. The van der Waals surface area contributed by atoms with Crippen LogP contribution in [0.25, 0.3) is 0 Å². The van der Waals surface area contributed by atoms with Crippen LogP contribution in [0.15, 0.2) is 6.20 Å². The lowest BCUT2D eigenvalue weighted by Crippen LogP contribution is -2.27. The van der Waals surface area contributed by atoms with Gasteiger partial charge in [-0.25, -0.2) is 4.98 Å². The summed E-state index contributed by atoms with van der Waals surface area (Å²) in [5, 5.41) is 9.83. The van der Waals surface area contributed by atoms with Crippen molar-refractivity contribution in [2.45, 2.75) is 19.9 Å². The van der Waals surface area contributed by atoms with Crippen molar-refractivity contribution in [3.05, 3.63) is 15.5 Å². The van der Waals surface area contributed by atoms with Crippen molar-refractivity contribution in [3.8, 4) is 6.07 Å². The molecule has 1 heterocycles. The zero-order valence-electron chi connectivity index (χ0n) is 8.20. The molecule has 0 saturated heterocycles. The summed E-state index contributed by atoms with van der Waals surface area (Å²) < 4.78 is 0.632. The van der Waals surface area contributed by atoms with Crippen LogP contribution in [0, 0.1) is 11.3 Å². The van der Waals surface area contributed by atoms with Gasteiger partial charge in [0.05, 0.1) is 12.3 Å². The first-order valence-electron chi connectivity index (χ1n) is 4.47. The molecule has 0 radical (unpaired) electrons. The number of aromatic nitrogens is 1. The van der Waals surface area contributed by atoms with E-state index in [1.807, 2.05) is 13.8 Å². The van der Waals surface area contributed by atoms with Gasteiger partial charge in [-0.1, -0.05) is 25.4 Å². The molecule has 0 fully saturated rings. The van der Waals surface area contributed by atoms with Crippen LogP contribution in [0.2, 0.25) is 4.34 Å². The number of nitriles is 1. The minimum atomic E-state index is -0.262. The first-order chi connectivity index (χ1) is 6.72. The van der Waals surface area contributed by atoms with E-state index >= 15 is 0 Å². The number of thiazole rings is 1. The van der Waals surface area contributed by atoms with Gasteiger partial charge in [-0.15, -0.1) is 11.3 Å². The molecule has 1 rings (SSSR count). The van der Waals surface area contributed by atoms with E-state index in [4.69, 9.17) is 16.9 Å². The molecule has 0 N–H and O–H groups in total. The van der Waals surface area contributed by atoms with Crippen LogP contribution in [-0.4, -0.2) is 23.0 Å². The third kappa shape index (κ3) is 2.44. The summed E-state index contributed by atoms with van der Waals surface area (Å²) in [4.78, 5) is 6.18. The van der Waals surface area contributed by atoms with Gasteiger partial charge in [0.15, 0.2) is 6.04 Å². The Balaban J connectivity index is 2.87. The van der Waals surface area contributed by atoms with Crippen molar-refractivity contribution < 1.29 is 0 Å². The van der Waals surface area contributed by atoms with E-state index < -0.39 is 0 Å². The van der Waals surface area contributed by atoms with Crippen molar-refractivity contribution in [3.63, 3.8) is 0 Å². The predicted molar refractivity (Wildman–Crippen MR) is 58.4 cm³/mol. The van der Waals surface area contributed by atoms with Gasteiger partial charge < -0.3 is 0 Å². The molecule has 3 nitrogen and oxygen atoms in total. The molecular weight excluding hydrogens is 218 g/mol. The maximum absolute atomic E-state index is 9.05. The van der Waals surface area contributed by atoms with Crippen LogP contribution in [0.3, 0.4) is 0 Å². The van der Waals surface area contributed by atoms with Crippen LogP contribution in [-0.2, 0) is 0 Å². The van der Waals surface area contributed by atoms with Gasteiger partial charge in [0.1, 0.15) is 9.34 Å². The molecule has 0 bridgehead atoms. The first-order valence-corrected chi connectivity index (χ1v) is 5.67. The number of hydrogen-bond donors (Lipinski definition) is 0. The predicted octanol–water partition coefficient (Wildman–Crippen LogP) is 2.70. The molecule has 1 aromatic rings. The van der Waals surface area contributed by atoms with Crippen LogP contribution < -0.4 is 0 Å². The lowest BCUT2D eigenvalue weighted by molar-refractivity contribution is 0.262. The molecule has 0 aliphatic carbocycles. The number of nitrogens with zero attached hydrogens (tertiary/aromatic N) is 3. The molecule has 1 atom stereocenters. The van der Waals surface area contributed by atoms with Crippen molar-refractivity contribution in [1.82, 2.24) is 9.88 Å². The van der Waals surface area contributed by atoms with E-state index in [0.717, 1.165) is 18.1 Å². The highest BCUT2D eigenvalue weighted by atomic mass is 35.5. The Morgan fingerprint density at radius 2 is 2.29 bits per heavy atom. The molecule has 0 amide bonds. The Labute approximate surface area is 92.9 Å². The zero-order valence-corrected chi connectivity index (χ0v) is 9.77. The van der Waals surface area contributed by atoms with Gasteiger partial charge in [-0.3, -0.25) is 4.90 Å². The van der Waals surface area contributed by atoms with E-state index in [-0.39, 0.29) is 6.04 Å². The maximum Gasteiger partial charge on any atom is 0.150 e. The topological polar surface area (TPSA) is 39.9 Å². The van der Waals surface area contributed by atoms with Gasteiger partial charge in [-0.05, 0) is 13.1 Å². The quantitative estimate of drug-likeness (QED) is 0.797. The van der Waals surface area contributed by atoms with Crippen LogP contribution >= 0.6 is 22.9 Å². The molecular formula is C9H12ClN3S. The molecule has 76 valence electrons. The van der Waals surface area contributed by atoms with E-state index in [1.54, 1.807) is 6.20 Å². The molecule has 0 aliphatic heterocycles. The monoisotopic (exact) mass is 229 g/mol. The van der Waals surface area contributed by atoms with Gasteiger partial charge in [0.2, 0.25) is 0 Å². The van der Waals surface area contributed by atoms with Gasteiger partial charge in [-0.2, -0.15) is 5.26 Å². The Kier molecular flexibility index (Phi) is 4.33. The van der Waals surface area contributed by atoms with Gasteiger partial charge >= 0.3 is 0 Å². The van der Waals surface area contributed by atoms with Crippen molar-refractivity contribution >= 4 is 22.9 Å². The highest BCUT2D eigenvalue weighted by Crippen LogP contribution is 2.27. The summed E-state index contributed by atoms with van der Waals surface area (Å²) in [6.45, 7) is 5.74. The fraction of sp³-hybridized carbons (Fsp3) is 0.556. The summed E-state index contributed by atoms with van der Waals surface area (Å²) in [6, 6.07) is 1.99. The van der Waals surface area contributed by atoms with Gasteiger partial charge in [0.25, 0.3) is 0 Å². The van der Waals surface area contributed by atoms with E-state index in [2.05, 4.69) is 16.0 Å². The second-order valence-electron chi connectivity index (χ2n) is 2.76. The summed E-state index contributed by atoms with van der Waals surface area (Å²) in [5.74, 6) is 0. The van der Waals surface area contributed by atoms with Crippen molar-refractivity contribution in [2.75, 3.05) is 13.1 Å². The normalized spacial score (nSPS) is 12.8. The Bertz CT molecular complexity index is 327. The Morgan fingerprint density at radius 1 is 1.64 bits per heavy atom. The second kappa shape index (κ2) is 5.30. The minimum absolute atomic E-state index is 0.262. The number of rotatable bonds is 4. The van der Waals surface area contributed by atoms with Crippen LogP contribution in [0.1, 0.15) is 24.9 Å². The van der Waals surface area contributed by atoms with Crippen LogP contribution in [0.4, 0.5) is 0 Å². The smallest absolute Gasteiger partial charge is 0.150 e. The van der Waals surface area contributed by atoms with Crippen LogP contribution in [0.5, 0.6) is 0 Å². The molecule has 0 saturated carbocycles. The zero-order chi connectivity index (χ0) is 10.6. The summed E-state index contributed by atoms with van der Waals surface area (Å²) in [7, 11) is 0. The number of hydrogen-bond acceptors (Lipinski definition) is 4.